The van der Waals surface area contributed by atoms with E-state index in [9.17, 15) is 0 Å². The molecule has 1 aliphatic rings. The van der Waals surface area contributed by atoms with E-state index in [1.165, 1.54) is 47.2 Å². The largest absolute Gasteiger partial charge is 0.456 e. The second kappa shape index (κ2) is 12.5. The molecule has 5 nitrogen and oxygen atoms in total. The molecule has 6 heteroatoms. The Balaban J connectivity index is 1.10. The molecule has 276 valence electrons. The van der Waals surface area contributed by atoms with Crippen LogP contribution in [0.2, 0.25) is 0 Å². The Morgan fingerprint density at radius 3 is 2.03 bits per heavy atom. The fraction of sp³-hybridized carbons (Fsp3) is 0.0377. The summed E-state index contributed by atoms with van der Waals surface area (Å²) in [5, 5.41) is 10.6. The maximum atomic E-state index is 6.79. The van der Waals surface area contributed by atoms with Gasteiger partial charge in [-0.15, -0.1) is 11.3 Å². The Kier molecular flexibility index (Phi) is 6.94. The van der Waals surface area contributed by atoms with Gasteiger partial charge in [0.05, 0.1) is 17.0 Å². The van der Waals surface area contributed by atoms with Crippen LogP contribution in [-0.2, 0) is 0 Å². The number of allylic oxidation sites excluding steroid dienone is 1. The molecule has 0 bridgehead atoms. The minimum absolute atomic E-state index is 0.237. The lowest BCUT2D eigenvalue weighted by Crippen LogP contribution is -2.15. The van der Waals surface area contributed by atoms with Gasteiger partial charge in [0.1, 0.15) is 17.2 Å². The van der Waals surface area contributed by atoms with E-state index in [1.54, 1.807) is 11.3 Å². The Morgan fingerprint density at radius 1 is 0.508 bits per heavy atom. The number of fused-ring (bicyclic) bond motifs is 11. The van der Waals surface area contributed by atoms with Gasteiger partial charge < -0.3 is 8.98 Å². The summed E-state index contributed by atoms with van der Waals surface area (Å²) in [6.45, 7) is 0. The molecule has 4 aromatic heterocycles. The van der Waals surface area contributed by atoms with Crippen molar-refractivity contribution in [2.45, 2.75) is 12.3 Å². The summed E-state index contributed by atoms with van der Waals surface area (Å²) < 4.78 is 11.7. The SMILES string of the molecule is C1=C(n2c3ccccc3c3cc4ccccc4cc32)CC(c2nc(-c3cccc4ccccc34)nc(-c3cccc4sc5ccccc5c34)n2)c2c1oc1ccccc21. The monoisotopic (exact) mass is 772 g/mol. The van der Waals surface area contributed by atoms with E-state index >= 15 is 0 Å². The maximum Gasteiger partial charge on any atom is 0.164 e. The van der Waals surface area contributed by atoms with Gasteiger partial charge in [0.2, 0.25) is 0 Å². The van der Waals surface area contributed by atoms with Gasteiger partial charge in [0, 0.05) is 71.2 Å². The van der Waals surface area contributed by atoms with E-state index in [2.05, 4.69) is 174 Å². The highest BCUT2D eigenvalue weighted by atomic mass is 32.1. The van der Waals surface area contributed by atoms with E-state index in [-0.39, 0.29) is 5.92 Å². The second-order valence-corrected chi connectivity index (χ2v) is 16.6. The van der Waals surface area contributed by atoms with Crippen molar-refractivity contribution in [1.82, 2.24) is 19.5 Å². The van der Waals surface area contributed by atoms with Crippen molar-refractivity contribution in [2.24, 2.45) is 0 Å². The van der Waals surface area contributed by atoms with E-state index < -0.39 is 0 Å². The van der Waals surface area contributed by atoms with Crippen LogP contribution >= 0.6 is 11.3 Å². The second-order valence-electron chi connectivity index (χ2n) is 15.5. The van der Waals surface area contributed by atoms with Crippen molar-refractivity contribution in [3.8, 4) is 22.8 Å². The van der Waals surface area contributed by atoms with Crippen molar-refractivity contribution >= 4 is 97.6 Å². The molecule has 0 N–H and O–H groups in total. The van der Waals surface area contributed by atoms with Crippen molar-refractivity contribution in [1.29, 1.82) is 0 Å². The highest BCUT2D eigenvalue weighted by Crippen LogP contribution is 2.48. The van der Waals surface area contributed by atoms with Gasteiger partial charge in [-0.05, 0) is 57.9 Å². The third kappa shape index (κ3) is 4.93. The molecule has 8 aromatic carbocycles. The molecule has 4 heterocycles. The quantitative estimate of drug-likeness (QED) is 0.179. The Morgan fingerprint density at radius 2 is 1.15 bits per heavy atom. The number of hydrogen-bond acceptors (Lipinski definition) is 5. The lowest BCUT2D eigenvalue weighted by Gasteiger charge is -2.24. The first-order valence-electron chi connectivity index (χ1n) is 20.0. The number of rotatable bonds is 4. The predicted octanol–water partition coefficient (Wildman–Crippen LogP) is 14.3. The molecular formula is C53H32N4OS. The zero-order chi connectivity index (χ0) is 38.6. The molecule has 13 rings (SSSR count). The van der Waals surface area contributed by atoms with Gasteiger partial charge >= 0.3 is 0 Å². The summed E-state index contributed by atoms with van der Waals surface area (Å²) in [7, 11) is 0. The van der Waals surface area contributed by atoms with Gasteiger partial charge in [-0.25, -0.2) is 15.0 Å². The molecule has 0 saturated carbocycles. The first kappa shape index (κ1) is 32.7. The molecule has 1 aliphatic carbocycles. The average molecular weight is 773 g/mol. The molecule has 0 spiro atoms. The van der Waals surface area contributed by atoms with Crippen molar-refractivity contribution in [2.75, 3.05) is 0 Å². The standard InChI is InChI=1S/C53H32N4OS/c1-2-15-33-28-44-41(27-32(33)14-1)36-18-5-8-23-43(36)57(44)34-29-42(49-38-19-6-9-24-45(38)58-46(49)30-34)53-55-51(37-21-11-16-31-13-3-4-17-35(31)37)54-52(56-53)40-22-12-26-48-50(40)39-20-7-10-25-47(39)59-48/h1-28,30,42H,29H2. The zero-order valence-electron chi connectivity index (χ0n) is 31.6. The number of para-hydroxylation sites is 2. The first-order chi connectivity index (χ1) is 29.2. The third-order valence-electron chi connectivity index (χ3n) is 12.2. The van der Waals surface area contributed by atoms with E-state index in [1.807, 2.05) is 6.07 Å². The molecule has 0 amide bonds. The topological polar surface area (TPSA) is 56.7 Å². The highest BCUT2D eigenvalue weighted by Gasteiger charge is 2.33. The number of hydrogen-bond donors (Lipinski definition) is 0. The number of aromatic nitrogens is 4. The number of furan rings is 1. The van der Waals surface area contributed by atoms with Crippen LogP contribution < -0.4 is 0 Å². The van der Waals surface area contributed by atoms with Crippen LogP contribution in [0.25, 0.3) is 109 Å². The summed E-state index contributed by atoms with van der Waals surface area (Å²) in [6, 6.07) is 60.4. The molecule has 1 unspecified atom stereocenters. The Hall–Kier alpha value is -7.41. The highest BCUT2D eigenvalue weighted by molar-refractivity contribution is 7.25. The lowest BCUT2D eigenvalue weighted by atomic mass is 9.86. The number of thiophene rings is 1. The zero-order valence-corrected chi connectivity index (χ0v) is 32.4. The molecular weight excluding hydrogens is 741 g/mol. The van der Waals surface area contributed by atoms with Crippen LogP contribution in [0.15, 0.2) is 174 Å². The molecule has 0 radical (unpaired) electrons. The number of nitrogens with zero attached hydrogens (tertiary/aromatic N) is 4. The smallest absolute Gasteiger partial charge is 0.164 e. The Bertz CT molecular complexity index is 3730. The molecule has 0 fully saturated rings. The normalized spacial score (nSPS) is 14.3. The predicted molar refractivity (Wildman–Crippen MR) is 245 cm³/mol. The third-order valence-corrected chi connectivity index (χ3v) is 13.3. The minimum atomic E-state index is -0.237. The molecule has 1 atom stereocenters. The summed E-state index contributed by atoms with van der Waals surface area (Å²) >= 11 is 1.81. The molecule has 12 aromatic rings. The van der Waals surface area contributed by atoms with Gasteiger partial charge in [0.25, 0.3) is 0 Å². The lowest BCUT2D eigenvalue weighted by molar-refractivity contribution is 0.586. The van der Waals surface area contributed by atoms with Gasteiger partial charge in [-0.2, -0.15) is 0 Å². The van der Waals surface area contributed by atoms with E-state index in [4.69, 9.17) is 19.4 Å². The van der Waals surface area contributed by atoms with Crippen molar-refractivity contribution in [3.05, 3.63) is 187 Å². The number of benzene rings is 8. The molecule has 59 heavy (non-hydrogen) atoms. The fourth-order valence-corrected chi connectivity index (χ4v) is 10.7. The van der Waals surface area contributed by atoms with Crippen molar-refractivity contribution < 1.29 is 4.42 Å². The van der Waals surface area contributed by atoms with Gasteiger partial charge in [-0.1, -0.05) is 133 Å². The summed E-state index contributed by atoms with van der Waals surface area (Å²) in [6.07, 6.45) is 2.90. The Labute approximate surface area is 342 Å². The minimum Gasteiger partial charge on any atom is -0.456 e. The van der Waals surface area contributed by atoms with Gasteiger partial charge in [0.15, 0.2) is 11.6 Å². The van der Waals surface area contributed by atoms with Crippen LogP contribution in [0.5, 0.6) is 0 Å². The van der Waals surface area contributed by atoms with Crippen LogP contribution in [0.3, 0.4) is 0 Å². The fourth-order valence-electron chi connectivity index (χ4n) is 9.58. The van der Waals surface area contributed by atoms with Crippen molar-refractivity contribution in [3.63, 3.8) is 0 Å². The first-order valence-corrected chi connectivity index (χ1v) is 20.8. The molecule has 0 saturated heterocycles. The summed E-state index contributed by atoms with van der Waals surface area (Å²) in [5.41, 5.74) is 7.39. The van der Waals surface area contributed by atoms with Crippen LogP contribution in [-0.4, -0.2) is 19.5 Å². The maximum absolute atomic E-state index is 6.79. The summed E-state index contributed by atoms with van der Waals surface area (Å²) in [4.78, 5) is 16.4. The van der Waals surface area contributed by atoms with E-state index in [0.29, 0.717) is 18.1 Å². The summed E-state index contributed by atoms with van der Waals surface area (Å²) in [5.74, 6) is 2.65. The van der Waals surface area contributed by atoms with E-state index in [0.717, 1.165) is 61.2 Å². The van der Waals surface area contributed by atoms with Crippen LogP contribution in [0.1, 0.15) is 29.5 Å². The van der Waals surface area contributed by atoms with Crippen LogP contribution in [0.4, 0.5) is 0 Å². The molecule has 0 aliphatic heterocycles. The average Bonchev–Trinajstić information content (AvgIpc) is 3.97. The van der Waals surface area contributed by atoms with Crippen LogP contribution in [0, 0.1) is 0 Å². The van der Waals surface area contributed by atoms with Gasteiger partial charge in [-0.3, -0.25) is 0 Å².